The molecule has 22 heavy (non-hydrogen) atoms. The van der Waals surface area contributed by atoms with Crippen LogP contribution in [0, 0.1) is 6.92 Å². The Morgan fingerprint density at radius 3 is 3.00 bits per heavy atom. The number of rotatable bonds is 3. The first-order valence-electron chi connectivity index (χ1n) is 7.37. The number of ether oxygens (including phenoxy) is 1. The second-order valence-electron chi connectivity index (χ2n) is 5.50. The van der Waals surface area contributed by atoms with Gasteiger partial charge < -0.3 is 10.1 Å². The molecule has 1 unspecified atom stereocenters. The first-order valence-corrected chi connectivity index (χ1v) is 7.37. The zero-order valence-electron chi connectivity index (χ0n) is 12.6. The summed E-state index contributed by atoms with van der Waals surface area (Å²) in [6.45, 7) is 1.90. The van der Waals surface area contributed by atoms with Crippen LogP contribution in [0.5, 0.6) is 5.75 Å². The van der Waals surface area contributed by atoms with E-state index in [0.717, 1.165) is 35.9 Å². The Hall–Kier alpha value is -2.63. The maximum absolute atomic E-state index is 5.45. The fraction of sp³-hybridized carbons (Fsp3) is 0.312. The fourth-order valence-electron chi connectivity index (χ4n) is 3.11. The molecule has 1 aliphatic rings. The van der Waals surface area contributed by atoms with Crippen LogP contribution in [-0.4, -0.2) is 26.9 Å². The van der Waals surface area contributed by atoms with Crippen molar-refractivity contribution < 1.29 is 4.74 Å². The lowest BCUT2D eigenvalue weighted by Gasteiger charge is -2.15. The van der Waals surface area contributed by atoms with E-state index in [0.29, 0.717) is 0 Å². The number of benzene rings is 1. The van der Waals surface area contributed by atoms with Gasteiger partial charge in [0, 0.05) is 0 Å². The smallest absolute Gasteiger partial charge is 0.178 e. The summed E-state index contributed by atoms with van der Waals surface area (Å²) in [7, 11) is 1.72. The average Bonchev–Trinajstić information content (AvgIpc) is 3.12. The normalized spacial score (nSPS) is 16.7. The Balaban J connectivity index is 1.66. The largest absolute Gasteiger partial charge is 0.496 e. The Bertz CT molecular complexity index is 842. The highest BCUT2D eigenvalue weighted by Gasteiger charge is 2.25. The molecule has 0 amide bonds. The van der Waals surface area contributed by atoms with Gasteiger partial charge in [-0.25, -0.2) is 0 Å². The molecule has 0 bridgehead atoms. The maximum Gasteiger partial charge on any atom is 0.178 e. The van der Waals surface area contributed by atoms with Gasteiger partial charge in [0.15, 0.2) is 11.5 Å². The first-order chi connectivity index (χ1) is 10.8. The van der Waals surface area contributed by atoms with Gasteiger partial charge in [-0.3, -0.25) is 0 Å². The Morgan fingerprint density at radius 2 is 2.14 bits per heavy atom. The standard InChI is InChI=1S/C16H17N5O/c1-10-18-19-16-9-8-15(20-21(10)16)17-13-7-6-12-11(13)4-3-5-14(12)22-2/h3-5,8-9,13H,6-7H2,1-2H3,(H,17,20). The van der Waals surface area contributed by atoms with E-state index in [9.17, 15) is 0 Å². The van der Waals surface area contributed by atoms with Crippen molar-refractivity contribution in [3.8, 4) is 5.75 Å². The van der Waals surface area contributed by atoms with E-state index >= 15 is 0 Å². The van der Waals surface area contributed by atoms with Crippen molar-refractivity contribution in [2.75, 3.05) is 12.4 Å². The van der Waals surface area contributed by atoms with Crippen molar-refractivity contribution in [1.29, 1.82) is 0 Å². The molecule has 1 atom stereocenters. The van der Waals surface area contributed by atoms with Gasteiger partial charge in [-0.2, -0.15) is 4.52 Å². The van der Waals surface area contributed by atoms with Gasteiger partial charge in [-0.1, -0.05) is 12.1 Å². The number of methoxy groups -OCH3 is 1. The quantitative estimate of drug-likeness (QED) is 0.804. The van der Waals surface area contributed by atoms with Crippen LogP contribution in [0.3, 0.4) is 0 Å². The topological polar surface area (TPSA) is 64.3 Å². The summed E-state index contributed by atoms with van der Waals surface area (Å²) in [5.74, 6) is 2.59. The molecular formula is C16H17N5O. The molecule has 0 radical (unpaired) electrons. The predicted molar refractivity (Wildman–Crippen MR) is 83.2 cm³/mol. The summed E-state index contributed by atoms with van der Waals surface area (Å²) in [6.07, 6.45) is 2.06. The number of fused-ring (bicyclic) bond motifs is 2. The van der Waals surface area contributed by atoms with Gasteiger partial charge in [0.1, 0.15) is 11.6 Å². The third-order valence-corrected chi connectivity index (χ3v) is 4.19. The number of aromatic nitrogens is 4. The van der Waals surface area contributed by atoms with Crippen LogP contribution < -0.4 is 10.1 Å². The minimum atomic E-state index is 0.256. The average molecular weight is 295 g/mol. The van der Waals surface area contributed by atoms with E-state index in [4.69, 9.17) is 4.74 Å². The van der Waals surface area contributed by atoms with E-state index in [2.05, 4.69) is 26.7 Å². The van der Waals surface area contributed by atoms with Gasteiger partial charge in [-0.05, 0) is 49.1 Å². The van der Waals surface area contributed by atoms with Crippen LogP contribution in [-0.2, 0) is 6.42 Å². The molecule has 6 heteroatoms. The molecule has 1 N–H and O–H groups in total. The lowest BCUT2D eigenvalue weighted by atomic mass is 10.1. The third-order valence-electron chi connectivity index (χ3n) is 4.19. The Morgan fingerprint density at radius 1 is 1.23 bits per heavy atom. The summed E-state index contributed by atoms with van der Waals surface area (Å²) < 4.78 is 7.21. The molecule has 6 nitrogen and oxygen atoms in total. The van der Waals surface area contributed by atoms with Crippen molar-refractivity contribution in [3.63, 3.8) is 0 Å². The molecular weight excluding hydrogens is 278 g/mol. The lowest BCUT2D eigenvalue weighted by molar-refractivity contribution is 0.410. The Labute approximate surface area is 128 Å². The number of aryl methyl sites for hydroxylation is 1. The summed E-state index contributed by atoms with van der Waals surface area (Å²) >= 11 is 0. The van der Waals surface area contributed by atoms with Crippen molar-refractivity contribution in [3.05, 3.63) is 47.3 Å². The van der Waals surface area contributed by atoms with Gasteiger partial charge in [-0.15, -0.1) is 15.3 Å². The van der Waals surface area contributed by atoms with Crippen molar-refractivity contribution in [2.45, 2.75) is 25.8 Å². The molecule has 1 aliphatic carbocycles. The van der Waals surface area contributed by atoms with E-state index in [1.54, 1.807) is 11.6 Å². The number of nitrogens with one attached hydrogen (secondary N) is 1. The second-order valence-corrected chi connectivity index (χ2v) is 5.50. The van der Waals surface area contributed by atoms with E-state index in [-0.39, 0.29) is 6.04 Å². The van der Waals surface area contributed by atoms with Gasteiger partial charge in [0.05, 0.1) is 13.2 Å². The molecule has 4 rings (SSSR count). The molecule has 0 saturated heterocycles. The summed E-state index contributed by atoms with van der Waals surface area (Å²) in [5.41, 5.74) is 3.35. The molecule has 0 saturated carbocycles. The minimum absolute atomic E-state index is 0.256. The first kappa shape index (κ1) is 13.1. The molecule has 0 fully saturated rings. The third kappa shape index (κ3) is 1.99. The Kier molecular flexibility index (Phi) is 2.96. The summed E-state index contributed by atoms with van der Waals surface area (Å²) in [5, 5.41) is 16.2. The summed E-state index contributed by atoms with van der Waals surface area (Å²) in [6, 6.07) is 10.3. The fourth-order valence-corrected chi connectivity index (χ4v) is 3.11. The number of anilines is 1. The van der Waals surface area contributed by atoms with Crippen LogP contribution in [0.1, 0.15) is 29.4 Å². The molecule has 112 valence electrons. The van der Waals surface area contributed by atoms with Crippen LogP contribution in [0.25, 0.3) is 5.65 Å². The highest BCUT2D eigenvalue weighted by Crippen LogP contribution is 2.38. The van der Waals surface area contributed by atoms with Gasteiger partial charge >= 0.3 is 0 Å². The highest BCUT2D eigenvalue weighted by molar-refractivity contribution is 5.50. The molecule has 0 aliphatic heterocycles. The van der Waals surface area contributed by atoms with Crippen molar-refractivity contribution >= 4 is 11.5 Å². The zero-order chi connectivity index (χ0) is 15.1. The SMILES string of the molecule is COc1cccc2c1CCC2Nc1ccc2nnc(C)n2n1. The molecule has 3 aromatic rings. The number of hydrogen-bond acceptors (Lipinski definition) is 5. The number of hydrogen-bond donors (Lipinski definition) is 1. The van der Waals surface area contributed by atoms with Crippen LogP contribution >= 0.6 is 0 Å². The monoisotopic (exact) mass is 295 g/mol. The lowest BCUT2D eigenvalue weighted by Crippen LogP contribution is -2.10. The van der Waals surface area contributed by atoms with E-state index in [1.165, 1.54) is 11.1 Å². The highest BCUT2D eigenvalue weighted by atomic mass is 16.5. The second kappa shape index (κ2) is 4.98. The molecule has 2 heterocycles. The van der Waals surface area contributed by atoms with E-state index in [1.807, 2.05) is 31.2 Å². The zero-order valence-corrected chi connectivity index (χ0v) is 12.6. The minimum Gasteiger partial charge on any atom is -0.496 e. The molecule has 1 aromatic carbocycles. The van der Waals surface area contributed by atoms with Crippen molar-refractivity contribution in [1.82, 2.24) is 19.8 Å². The molecule has 0 spiro atoms. The predicted octanol–water partition coefficient (Wildman–Crippen LogP) is 2.54. The van der Waals surface area contributed by atoms with Crippen LogP contribution in [0.15, 0.2) is 30.3 Å². The van der Waals surface area contributed by atoms with Gasteiger partial charge in [0.2, 0.25) is 0 Å². The van der Waals surface area contributed by atoms with Crippen molar-refractivity contribution in [2.24, 2.45) is 0 Å². The molecule has 2 aromatic heterocycles. The van der Waals surface area contributed by atoms with Crippen LogP contribution in [0.4, 0.5) is 5.82 Å². The van der Waals surface area contributed by atoms with Gasteiger partial charge in [0.25, 0.3) is 0 Å². The summed E-state index contributed by atoms with van der Waals surface area (Å²) in [4.78, 5) is 0. The van der Waals surface area contributed by atoms with Crippen LogP contribution in [0.2, 0.25) is 0 Å². The van der Waals surface area contributed by atoms with E-state index < -0.39 is 0 Å². The maximum atomic E-state index is 5.45. The number of nitrogens with zero attached hydrogens (tertiary/aromatic N) is 4.